The number of nitrogens with zero attached hydrogens (tertiary/aromatic N) is 2. The second kappa shape index (κ2) is 7.79. The molecular weight excluding hydrogens is 273 g/mol. The van der Waals surface area contributed by atoms with Crippen LogP contribution in [0.15, 0.2) is 34.3 Å². The fraction of sp³-hybridized carbons (Fsp3) is 0.273. The molecule has 0 amide bonds. The van der Waals surface area contributed by atoms with Crippen LogP contribution in [0.2, 0.25) is 5.02 Å². The van der Waals surface area contributed by atoms with E-state index in [4.69, 9.17) is 23.1 Å². The lowest BCUT2D eigenvalue weighted by Crippen LogP contribution is -2.26. The normalized spacial score (nSPS) is 12.2. The summed E-state index contributed by atoms with van der Waals surface area (Å²) in [5.41, 5.74) is 11.9. The van der Waals surface area contributed by atoms with Crippen LogP contribution in [-0.4, -0.2) is 18.0 Å². The van der Waals surface area contributed by atoms with Crippen LogP contribution >= 0.6 is 24.0 Å². The Morgan fingerprint density at radius 3 is 2.44 bits per heavy atom. The first-order valence-corrected chi connectivity index (χ1v) is 5.56. The first-order valence-electron chi connectivity index (χ1n) is 5.18. The molecule has 7 heteroatoms. The van der Waals surface area contributed by atoms with Gasteiger partial charge in [-0.2, -0.15) is 4.99 Å². The number of anilines is 1. The van der Waals surface area contributed by atoms with E-state index in [9.17, 15) is 0 Å². The van der Waals surface area contributed by atoms with Crippen molar-refractivity contribution in [2.24, 2.45) is 21.5 Å². The maximum absolute atomic E-state index is 5.95. The SMILES string of the molecule is CC(C)N=C(N)/N=C(\N)Nc1ccccc1Cl.Cl. The molecule has 5 nitrogen and oxygen atoms in total. The van der Waals surface area contributed by atoms with Gasteiger partial charge in [-0.25, -0.2) is 4.99 Å². The molecule has 0 aliphatic rings. The summed E-state index contributed by atoms with van der Waals surface area (Å²) in [6.45, 7) is 3.81. The molecule has 1 aromatic rings. The Kier molecular flexibility index (Phi) is 7.16. The number of para-hydroxylation sites is 1. The van der Waals surface area contributed by atoms with Gasteiger partial charge >= 0.3 is 0 Å². The number of aliphatic imine (C=N–C) groups is 2. The van der Waals surface area contributed by atoms with Crippen molar-refractivity contribution in [2.45, 2.75) is 19.9 Å². The fourth-order valence-electron chi connectivity index (χ4n) is 1.15. The number of nitrogens with one attached hydrogen (secondary N) is 1. The Bertz CT molecular complexity index is 443. The van der Waals surface area contributed by atoms with E-state index in [2.05, 4.69) is 15.3 Å². The zero-order valence-electron chi connectivity index (χ0n) is 10.2. The summed E-state index contributed by atoms with van der Waals surface area (Å²) in [5.74, 6) is 0.289. The van der Waals surface area contributed by atoms with E-state index in [1.807, 2.05) is 26.0 Å². The first-order chi connectivity index (χ1) is 7.99. The van der Waals surface area contributed by atoms with Gasteiger partial charge in [0.15, 0.2) is 0 Å². The highest BCUT2D eigenvalue weighted by molar-refractivity contribution is 6.33. The average Bonchev–Trinajstić information content (AvgIpc) is 2.19. The molecule has 0 unspecified atom stereocenters. The summed E-state index contributed by atoms with van der Waals surface area (Å²) in [5, 5.41) is 3.41. The molecule has 0 heterocycles. The predicted octanol–water partition coefficient (Wildman–Crippen LogP) is 2.21. The summed E-state index contributed by atoms with van der Waals surface area (Å²) in [6.07, 6.45) is 0. The number of guanidine groups is 2. The van der Waals surface area contributed by atoms with Crippen molar-refractivity contribution < 1.29 is 0 Å². The van der Waals surface area contributed by atoms with Gasteiger partial charge in [0.25, 0.3) is 0 Å². The van der Waals surface area contributed by atoms with Crippen molar-refractivity contribution in [1.29, 1.82) is 0 Å². The number of hydrogen-bond donors (Lipinski definition) is 3. The number of halogens is 2. The van der Waals surface area contributed by atoms with Crippen molar-refractivity contribution in [3.8, 4) is 0 Å². The molecule has 0 radical (unpaired) electrons. The van der Waals surface area contributed by atoms with Crippen LogP contribution in [-0.2, 0) is 0 Å². The molecule has 0 spiro atoms. The predicted molar refractivity (Wildman–Crippen MR) is 80.7 cm³/mol. The van der Waals surface area contributed by atoms with Crippen molar-refractivity contribution in [3.63, 3.8) is 0 Å². The van der Waals surface area contributed by atoms with E-state index in [1.54, 1.807) is 12.1 Å². The molecule has 0 aliphatic carbocycles. The molecule has 1 aromatic carbocycles. The molecule has 1 rings (SSSR count). The molecular formula is C11H17Cl2N5. The topological polar surface area (TPSA) is 88.8 Å². The molecule has 100 valence electrons. The number of benzene rings is 1. The maximum atomic E-state index is 5.95. The van der Waals surface area contributed by atoms with Crippen LogP contribution in [0.25, 0.3) is 0 Å². The Morgan fingerprint density at radius 1 is 1.28 bits per heavy atom. The minimum atomic E-state index is 0. The van der Waals surface area contributed by atoms with Crippen LogP contribution < -0.4 is 16.8 Å². The molecule has 0 bridgehead atoms. The lowest BCUT2D eigenvalue weighted by atomic mass is 10.3. The third kappa shape index (κ3) is 5.75. The summed E-state index contributed by atoms with van der Waals surface area (Å²) in [7, 11) is 0. The van der Waals surface area contributed by atoms with Gasteiger partial charge in [-0.05, 0) is 26.0 Å². The van der Waals surface area contributed by atoms with Crippen molar-refractivity contribution in [2.75, 3.05) is 5.32 Å². The highest BCUT2D eigenvalue weighted by atomic mass is 35.5. The van der Waals surface area contributed by atoms with Gasteiger partial charge < -0.3 is 16.8 Å². The lowest BCUT2D eigenvalue weighted by Gasteiger charge is -2.07. The molecule has 18 heavy (non-hydrogen) atoms. The smallest absolute Gasteiger partial charge is 0.218 e. The quantitative estimate of drug-likeness (QED) is 0.576. The highest BCUT2D eigenvalue weighted by Gasteiger charge is 2.00. The van der Waals surface area contributed by atoms with Crippen molar-refractivity contribution in [1.82, 2.24) is 0 Å². The van der Waals surface area contributed by atoms with Gasteiger partial charge in [0.1, 0.15) is 0 Å². The van der Waals surface area contributed by atoms with Gasteiger partial charge in [-0.3, -0.25) is 0 Å². The number of nitrogens with two attached hydrogens (primary N) is 2. The zero-order valence-corrected chi connectivity index (χ0v) is 11.8. The molecule has 5 N–H and O–H groups in total. The van der Waals surface area contributed by atoms with E-state index in [-0.39, 0.29) is 30.4 Å². The van der Waals surface area contributed by atoms with E-state index in [1.165, 1.54) is 0 Å². The third-order valence-corrected chi connectivity index (χ3v) is 2.09. The maximum Gasteiger partial charge on any atom is 0.218 e. The van der Waals surface area contributed by atoms with Crippen molar-refractivity contribution >= 4 is 41.6 Å². The number of rotatable bonds is 2. The summed E-state index contributed by atoms with van der Waals surface area (Å²) in [6, 6.07) is 7.29. The van der Waals surface area contributed by atoms with Crippen LogP contribution in [0.1, 0.15) is 13.8 Å². The van der Waals surface area contributed by atoms with Gasteiger partial charge in [0.2, 0.25) is 11.9 Å². The second-order valence-corrected chi connectivity index (χ2v) is 4.09. The summed E-state index contributed by atoms with van der Waals surface area (Å²) >= 11 is 5.95. The zero-order chi connectivity index (χ0) is 12.8. The summed E-state index contributed by atoms with van der Waals surface area (Å²) < 4.78 is 0. The van der Waals surface area contributed by atoms with Crippen molar-refractivity contribution in [3.05, 3.63) is 29.3 Å². The average molecular weight is 290 g/mol. The molecule has 0 fully saturated rings. The first kappa shape index (κ1) is 16.5. The van der Waals surface area contributed by atoms with E-state index < -0.39 is 0 Å². The largest absolute Gasteiger partial charge is 0.369 e. The van der Waals surface area contributed by atoms with E-state index in [0.29, 0.717) is 10.7 Å². The standard InChI is InChI=1S/C11H16ClN5.ClH/c1-7(2)15-10(13)17-11(14)16-9-6-4-3-5-8(9)12;/h3-7H,1-2H3,(H5,13,14,15,16,17);1H. The Morgan fingerprint density at radius 2 is 1.89 bits per heavy atom. The Labute approximate surface area is 118 Å². The third-order valence-electron chi connectivity index (χ3n) is 1.76. The molecule has 0 aliphatic heterocycles. The number of hydrogen-bond acceptors (Lipinski definition) is 1. The van der Waals surface area contributed by atoms with Gasteiger partial charge in [0, 0.05) is 6.04 Å². The monoisotopic (exact) mass is 289 g/mol. The highest BCUT2D eigenvalue weighted by Crippen LogP contribution is 2.19. The van der Waals surface area contributed by atoms with Crippen LogP contribution in [0, 0.1) is 0 Å². The Hall–Kier alpha value is -1.46. The van der Waals surface area contributed by atoms with Crippen LogP contribution in [0.4, 0.5) is 5.69 Å². The molecule has 0 saturated heterocycles. The van der Waals surface area contributed by atoms with Gasteiger partial charge in [-0.15, -0.1) is 12.4 Å². The molecule has 0 atom stereocenters. The lowest BCUT2D eigenvalue weighted by molar-refractivity contribution is 0.831. The van der Waals surface area contributed by atoms with E-state index in [0.717, 1.165) is 0 Å². The van der Waals surface area contributed by atoms with E-state index >= 15 is 0 Å². The summed E-state index contributed by atoms with van der Waals surface area (Å²) in [4.78, 5) is 7.94. The minimum Gasteiger partial charge on any atom is -0.369 e. The van der Waals surface area contributed by atoms with Crippen LogP contribution in [0.3, 0.4) is 0 Å². The second-order valence-electron chi connectivity index (χ2n) is 3.68. The van der Waals surface area contributed by atoms with Crippen LogP contribution in [0.5, 0.6) is 0 Å². The molecule has 0 aromatic heterocycles. The minimum absolute atomic E-state index is 0. The Balaban J connectivity index is 0.00000289. The van der Waals surface area contributed by atoms with Gasteiger partial charge in [0.05, 0.1) is 10.7 Å². The van der Waals surface area contributed by atoms with Gasteiger partial charge in [-0.1, -0.05) is 23.7 Å². The fourth-order valence-corrected chi connectivity index (χ4v) is 1.33. The molecule has 0 saturated carbocycles.